The minimum atomic E-state index is -0.00504. The maximum absolute atomic E-state index is 13.8. The van der Waals surface area contributed by atoms with Crippen LogP contribution in [0.2, 0.25) is 0 Å². The molecule has 0 saturated heterocycles. The van der Waals surface area contributed by atoms with Crippen molar-refractivity contribution in [2.45, 2.75) is 67.0 Å². The molecule has 0 N–H and O–H groups in total. The molecule has 192 valence electrons. The highest BCUT2D eigenvalue weighted by Crippen LogP contribution is 2.25. The maximum atomic E-state index is 13.8. The summed E-state index contributed by atoms with van der Waals surface area (Å²) in [5, 5.41) is 4.38. The van der Waals surface area contributed by atoms with Crippen LogP contribution < -0.4 is 4.90 Å². The molecular formula is C28H43N5O2. The largest absolute Gasteiger partial charge is 0.332 e. The van der Waals surface area contributed by atoms with Gasteiger partial charge in [-0.25, -0.2) is 0 Å². The number of fused-ring (bicyclic) bond motifs is 1. The molecule has 1 aliphatic heterocycles. The van der Waals surface area contributed by atoms with Gasteiger partial charge in [0.1, 0.15) is 5.69 Å². The molecule has 1 aromatic heterocycles. The monoisotopic (exact) mass is 481 g/mol. The summed E-state index contributed by atoms with van der Waals surface area (Å²) in [7, 11) is 0. The Morgan fingerprint density at radius 3 is 2.46 bits per heavy atom. The van der Waals surface area contributed by atoms with Crippen LogP contribution in [0, 0.1) is 11.8 Å². The minimum absolute atomic E-state index is 0.00504. The Bertz CT molecular complexity index is 968. The van der Waals surface area contributed by atoms with E-state index in [0.29, 0.717) is 43.6 Å². The fourth-order valence-electron chi connectivity index (χ4n) is 4.80. The average Bonchev–Trinajstić information content (AvgIpc) is 3.25. The van der Waals surface area contributed by atoms with Gasteiger partial charge in [0.25, 0.3) is 5.91 Å². The summed E-state index contributed by atoms with van der Waals surface area (Å²) in [6.45, 7) is 15.9. The SMILES string of the molecule is CCCn1nccc1C(=O)N1CCN(CC(C)C)CCCN(C(=O)CC(C)C)c2ccccc2C1. The number of benzene rings is 1. The van der Waals surface area contributed by atoms with Gasteiger partial charge in [0.05, 0.1) is 0 Å². The average molecular weight is 482 g/mol. The van der Waals surface area contributed by atoms with Gasteiger partial charge in [0, 0.05) is 57.6 Å². The zero-order valence-corrected chi connectivity index (χ0v) is 22.2. The van der Waals surface area contributed by atoms with Crippen molar-refractivity contribution >= 4 is 17.5 Å². The molecule has 0 atom stereocenters. The molecule has 0 spiro atoms. The standard InChI is InChI=1S/C28H43N5O2/c1-6-14-33-26(12-13-29-33)28(35)31-18-17-30(20-23(4)5)15-9-16-32(27(34)19-22(2)3)25-11-8-7-10-24(25)21-31/h7-8,10-13,22-23H,6,9,14-21H2,1-5H3. The highest BCUT2D eigenvalue weighted by Gasteiger charge is 2.26. The van der Waals surface area contributed by atoms with E-state index in [1.54, 1.807) is 6.20 Å². The topological polar surface area (TPSA) is 61.7 Å². The predicted octanol–water partition coefficient (Wildman–Crippen LogP) is 4.68. The van der Waals surface area contributed by atoms with E-state index in [-0.39, 0.29) is 11.8 Å². The Labute approximate surface area is 211 Å². The van der Waals surface area contributed by atoms with Gasteiger partial charge in [-0.3, -0.25) is 14.3 Å². The van der Waals surface area contributed by atoms with Crippen molar-refractivity contribution in [3.8, 4) is 0 Å². The van der Waals surface area contributed by atoms with Crippen LogP contribution in [0.25, 0.3) is 0 Å². The third-order valence-corrected chi connectivity index (χ3v) is 6.35. The lowest BCUT2D eigenvalue weighted by Gasteiger charge is -2.29. The summed E-state index contributed by atoms with van der Waals surface area (Å²) >= 11 is 0. The Hall–Kier alpha value is -2.67. The number of rotatable bonds is 7. The van der Waals surface area contributed by atoms with Crippen molar-refractivity contribution in [3.63, 3.8) is 0 Å². The molecule has 1 aliphatic rings. The van der Waals surface area contributed by atoms with Gasteiger partial charge in [-0.15, -0.1) is 0 Å². The molecule has 0 saturated carbocycles. The predicted molar refractivity (Wildman–Crippen MR) is 141 cm³/mol. The Morgan fingerprint density at radius 1 is 0.971 bits per heavy atom. The first-order valence-electron chi connectivity index (χ1n) is 13.2. The molecule has 0 fully saturated rings. The number of anilines is 1. The van der Waals surface area contributed by atoms with Crippen LogP contribution in [-0.4, -0.2) is 64.1 Å². The van der Waals surface area contributed by atoms with Crippen LogP contribution in [0.3, 0.4) is 0 Å². The van der Waals surface area contributed by atoms with E-state index < -0.39 is 0 Å². The number of hydrogen-bond donors (Lipinski definition) is 0. The molecule has 0 radical (unpaired) electrons. The van der Waals surface area contributed by atoms with E-state index in [4.69, 9.17) is 0 Å². The van der Waals surface area contributed by atoms with Crippen LogP contribution in [0.4, 0.5) is 5.69 Å². The summed E-state index contributed by atoms with van der Waals surface area (Å²) in [4.78, 5) is 33.4. The molecule has 2 amide bonds. The second kappa shape index (κ2) is 12.9. The first-order chi connectivity index (χ1) is 16.8. The molecule has 2 aromatic rings. The number of amides is 2. The number of aromatic nitrogens is 2. The van der Waals surface area contributed by atoms with Gasteiger partial charge in [-0.2, -0.15) is 5.10 Å². The van der Waals surface area contributed by atoms with E-state index in [1.807, 2.05) is 38.7 Å². The number of aryl methyl sites for hydroxylation is 1. The van der Waals surface area contributed by atoms with Crippen LogP contribution in [0.5, 0.6) is 0 Å². The number of nitrogens with zero attached hydrogens (tertiary/aromatic N) is 5. The van der Waals surface area contributed by atoms with E-state index in [1.165, 1.54) is 0 Å². The highest BCUT2D eigenvalue weighted by molar-refractivity contribution is 5.95. The second-order valence-electron chi connectivity index (χ2n) is 10.5. The molecular weight excluding hydrogens is 438 g/mol. The van der Waals surface area contributed by atoms with Gasteiger partial charge in [0.15, 0.2) is 0 Å². The van der Waals surface area contributed by atoms with Gasteiger partial charge in [0.2, 0.25) is 5.91 Å². The van der Waals surface area contributed by atoms with Crippen molar-refractivity contribution < 1.29 is 9.59 Å². The molecule has 0 aliphatic carbocycles. The molecule has 2 heterocycles. The smallest absolute Gasteiger partial charge is 0.272 e. The van der Waals surface area contributed by atoms with Crippen LogP contribution in [0.15, 0.2) is 36.5 Å². The van der Waals surface area contributed by atoms with Crippen LogP contribution in [-0.2, 0) is 17.9 Å². The normalized spacial score (nSPS) is 15.9. The van der Waals surface area contributed by atoms with E-state index in [0.717, 1.165) is 50.3 Å². The van der Waals surface area contributed by atoms with Crippen LogP contribution >= 0.6 is 0 Å². The van der Waals surface area contributed by atoms with Gasteiger partial charge >= 0.3 is 0 Å². The number of para-hydroxylation sites is 1. The van der Waals surface area contributed by atoms with Gasteiger partial charge < -0.3 is 14.7 Å². The Morgan fingerprint density at radius 2 is 1.74 bits per heavy atom. The molecule has 0 bridgehead atoms. The first-order valence-corrected chi connectivity index (χ1v) is 13.2. The van der Waals surface area contributed by atoms with E-state index in [9.17, 15) is 9.59 Å². The van der Waals surface area contributed by atoms with Crippen molar-refractivity contribution in [1.29, 1.82) is 0 Å². The lowest BCUT2D eigenvalue weighted by atomic mass is 10.1. The molecule has 7 nitrogen and oxygen atoms in total. The second-order valence-corrected chi connectivity index (χ2v) is 10.5. The van der Waals surface area contributed by atoms with Crippen molar-refractivity contribution in [1.82, 2.24) is 19.6 Å². The zero-order valence-electron chi connectivity index (χ0n) is 22.2. The van der Waals surface area contributed by atoms with Gasteiger partial charge in [-0.1, -0.05) is 52.8 Å². The van der Waals surface area contributed by atoms with Crippen molar-refractivity contribution in [2.24, 2.45) is 11.8 Å². The lowest BCUT2D eigenvalue weighted by molar-refractivity contribution is -0.119. The number of hydrogen-bond acceptors (Lipinski definition) is 4. The van der Waals surface area contributed by atoms with Crippen LogP contribution in [0.1, 0.15) is 69.9 Å². The van der Waals surface area contributed by atoms with Crippen molar-refractivity contribution in [3.05, 3.63) is 47.8 Å². The lowest BCUT2D eigenvalue weighted by Crippen LogP contribution is -2.40. The Kier molecular flexibility index (Phi) is 9.90. The number of carbonyl (C=O) groups is 2. The minimum Gasteiger partial charge on any atom is -0.332 e. The zero-order chi connectivity index (χ0) is 25.4. The van der Waals surface area contributed by atoms with E-state index in [2.05, 4.69) is 50.7 Å². The summed E-state index contributed by atoms with van der Waals surface area (Å²) in [6, 6.07) is 9.89. The third kappa shape index (κ3) is 7.40. The fraction of sp³-hybridized carbons (Fsp3) is 0.607. The van der Waals surface area contributed by atoms with Gasteiger partial charge in [-0.05, 0) is 48.9 Å². The van der Waals surface area contributed by atoms with E-state index >= 15 is 0 Å². The Balaban J connectivity index is 1.98. The first kappa shape index (κ1) is 26.9. The molecule has 3 rings (SSSR count). The highest BCUT2D eigenvalue weighted by atomic mass is 16.2. The summed E-state index contributed by atoms with van der Waals surface area (Å²) in [5.41, 5.74) is 2.56. The molecule has 7 heteroatoms. The maximum Gasteiger partial charge on any atom is 0.272 e. The summed E-state index contributed by atoms with van der Waals surface area (Å²) < 4.78 is 1.81. The quantitative estimate of drug-likeness (QED) is 0.576. The molecule has 35 heavy (non-hydrogen) atoms. The summed E-state index contributed by atoms with van der Waals surface area (Å²) in [6.07, 6.45) is 4.05. The number of carbonyl (C=O) groups excluding carboxylic acids is 2. The van der Waals surface area contributed by atoms with Crippen molar-refractivity contribution in [2.75, 3.05) is 37.6 Å². The third-order valence-electron chi connectivity index (χ3n) is 6.35. The molecule has 0 unspecified atom stereocenters. The fourth-order valence-corrected chi connectivity index (χ4v) is 4.80. The molecule has 1 aromatic carbocycles. The summed E-state index contributed by atoms with van der Waals surface area (Å²) in [5.74, 6) is 0.976.